The van der Waals surface area contributed by atoms with Crippen LogP contribution in [0.4, 0.5) is 0 Å². The zero-order valence-electron chi connectivity index (χ0n) is 14.5. The second-order valence-corrected chi connectivity index (χ2v) is 7.77. The molecule has 6 rings (SSSR count). The van der Waals surface area contributed by atoms with E-state index < -0.39 is 6.04 Å². The first-order valence-electron chi connectivity index (χ1n) is 9.34. The topological polar surface area (TPSA) is 90.5 Å². The highest BCUT2D eigenvalue weighted by Gasteiger charge is 2.46. The van der Waals surface area contributed by atoms with Crippen LogP contribution in [-0.2, 0) is 22.7 Å². The molecule has 1 aromatic rings. The molecule has 3 N–H and O–H groups in total. The number of carbonyl (C=O) groups excluding carboxylic acids is 3. The fraction of sp³-hybridized carbons (Fsp3) is 0.526. The minimum absolute atomic E-state index is 0.0957. The number of benzene rings is 1. The van der Waals surface area contributed by atoms with Gasteiger partial charge in [-0.2, -0.15) is 0 Å². The van der Waals surface area contributed by atoms with Gasteiger partial charge in [0, 0.05) is 37.2 Å². The van der Waals surface area contributed by atoms with E-state index in [0.29, 0.717) is 37.5 Å². The van der Waals surface area contributed by atoms with Crippen LogP contribution in [0, 0.1) is 5.92 Å². The van der Waals surface area contributed by atoms with Crippen molar-refractivity contribution in [3.05, 3.63) is 34.9 Å². The van der Waals surface area contributed by atoms with Crippen LogP contribution in [0.1, 0.15) is 40.7 Å². The Morgan fingerprint density at radius 3 is 2.85 bits per heavy atom. The van der Waals surface area contributed by atoms with E-state index in [4.69, 9.17) is 0 Å². The van der Waals surface area contributed by atoms with Crippen LogP contribution in [0.3, 0.4) is 0 Å². The Bertz CT molecular complexity index is 794. The Kier molecular flexibility index (Phi) is 3.62. The lowest BCUT2D eigenvalue weighted by molar-refractivity contribution is -0.136. The van der Waals surface area contributed by atoms with Crippen LogP contribution < -0.4 is 16.0 Å². The molecular formula is C19H22N4O3. The van der Waals surface area contributed by atoms with Gasteiger partial charge in [0.25, 0.3) is 5.91 Å². The normalized spacial score (nSPS) is 32.5. The van der Waals surface area contributed by atoms with Gasteiger partial charge in [-0.05, 0) is 36.4 Å². The number of hydrogen-bond acceptors (Lipinski definition) is 5. The molecular weight excluding hydrogens is 332 g/mol. The summed E-state index contributed by atoms with van der Waals surface area (Å²) in [7, 11) is 0. The maximum atomic E-state index is 13.0. The number of hydrogen-bond donors (Lipinski definition) is 3. The van der Waals surface area contributed by atoms with Gasteiger partial charge in [0.15, 0.2) is 0 Å². The molecule has 5 aliphatic rings. The fourth-order valence-corrected chi connectivity index (χ4v) is 4.85. The van der Waals surface area contributed by atoms with Gasteiger partial charge in [0.1, 0.15) is 6.04 Å². The number of rotatable bonds is 4. The first-order valence-corrected chi connectivity index (χ1v) is 9.34. The summed E-state index contributed by atoms with van der Waals surface area (Å²) in [5.74, 6) is -0.0164. The van der Waals surface area contributed by atoms with Crippen molar-refractivity contribution in [3.8, 4) is 0 Å². The summed E-state index contributed by atoms with van der Waals surface area (Å²) in [5.41, 5.74) is 2.69. The third-order valence-corrected chi connectivity index (χ3v) is 6.31. The van der Waals surface area contributed by atoms with Crippen molar-refractivity contribution >= 4 is 17.7 Å². The van der Waals surface area contributed by atoms with Crippen molar-refractivity contribution < 1.29 is 14.4 Å². The van der Waals surface area contributed by atoms with Crippen molar-refractivity contribution in [1.82, 2.24) is 20.9 Å². The maximum Gasteiger partial charge on any atom is 0.255 e. The Morgan fingerprint density at radius 1 is 1.23 bits per heavy atom. The van der Waals surface area contributed by atoms with Crippen molar-refractivity contribution in [3.63, 3.8) is 0 Å². The van der Waals surface area contributed by atoms with Crippen LogP contribution in [0.25, 0.3) is 0 Å². The van der Waals surface area contributed by atoms with Crippen LogP contribution in [0.15, 0.2) is 18.2 Å². The first-order chi connectivity index (χ1) is 12.6. The lowest BCUT2D eigenvalue weighted by atomic mass is 9.80. The van der Waals surface area contributed by atoms with E-state index in [-0.39, 0.29) is 24.1 Å². The van der Waals surface area contributed by atoms with Gasteiger partial charge in [-0.25, -0.2) is 0 Å². The van der Waals surface area contributed by atoms with Crippen molar-refractivity contribution in [2.45, 2.75) is 50.5 Å². The molecule has 136 valence electrons. The number of amides is 3. The lowest BCUT2D eigenvalue weighted by Gasteiger charge is -2.35. The molecule has 4 heterocycles. The molecule has 3 amide bonds. The molecule has 1 saturated carbocycles. The summed E-state index contributed by atoms with van der Waals surface area (Å²) in [6.45, 7) is 2.18. The summed E-state index contributed by atoms with van der Waals surface area (Å²) in [6.07, 6.45) is 1.92. The average molecular weight is 354 g/mol. The third kappa shape index (κ3) is 2.38. The van der Waals surface area contributed by atoms with Crippen LogP contribution >= 0.6 is 0 Å². The minimum Gasteiger partial charge on any atom is -0.322 e. The summed E-state index contributed by atoms with van der Waals surface area (Å²) >= 11 is 0. The number of piperidine rings is 1. The van der Waals surface area contributed by atoms with E-state index in [1.807, 2.05) is 18.2 Å². The van der Waals surface area contributed by atoms with Gasteiger partial charge >= 0.3 is 0 Å². The zero-order valence-corrected chi connectivity index (χ0v) is 14.5. The summed E-state index contributed by atoms with van der Waals surface area (Å²) in [5, 5.41) is 9.44. The maximum absolute atomic E-state index is 13.0. The predicted molar refractivity (Wildman–Crippen MR) is 93.0 cm³/mol. The van der Waals surface area contributed by atoms with Crippen molar-refractivity contribution in [2.75, 3.05) is 6.54 Å². The molecule has 4 fully saturated rings. The Morgan fingerprint density at radius 2 is 2.12 bits per heavy atom. The van der Waals surface area contributed by atoms with Crippen LogP contribution in [0.2, 0.25) is 0 Å². The van der Waals surface area contributed by atoms with E-state index >= 15 is 0 Å². The fourth-order valence-electron chi connectivity index (χ4n) is 4.85. The monoisotopic (exact) mass is 354 g/mol. The number of fused-ring (bicyclic) bond motifs is 2. The molecule has 0 spiro atoms. The predicted octanol–water partition coefficient (Wildman–Crippen LogP) is -0.102. The second kappa shape index (κ2) is 5.89. The quantitative estimate of drug-likeness (QED) is 0.657. The minimum atomic E-state index is -0.555. The summed E-state index contributed by atoms with van der Waals surface area (Å²) in [4.78, 5) is 38.2. The highest BCUT2D eigenvalue weighted by molar-refractivity contribution is 6.05. The Hall–Kier alpha value is -2.25. The number of imide groups is 1. The first kappa shape index (κ1) is 16.0. The summed E-state index contributed by atoms with van der Waals surface area (Å²) < 4.78 is 0. The highest BCUT2D eigenvalue weighted by Crippen LogP contribution is 2.35. The molecule has 0 radical (unpaired) electrons. The van der Waals surface area contributed by atoms with E-state index in [0.717, 1.165) is 23.2 Å². The molecule has 26 heavy (non-hydrogen) atoms. The molecule has 2 bridgehead atoms. The van der Waals surface area contributed by atoms with Crippen molar-refractivity contribution in [1.29, 1.82) is 0 Å². The van der Waals surface area contributed by atoms with Gasteiger partial charge < -0.3 is 15.5 Å². The molecule has 4 atom stereocenters. The van der Waals surface area contributed by atoms with Gasteiger partial charge in [-0.1, -0.05) is 18.2 Å². The van der Waals surface area contributed by atoms with Crippen LogP contribution in [-0.4, -0.2) is 47.3 Å². The average Bonchev–Trinajstić information content (AvgIpc) is 3.31. The molecule has 1 aromatic carbocycles. The van der Waals surface area contributed by atoms with E-state index in [9.17, 15) is 14.4 Å². The molecule has 3 saturated heterocycles. The molecule has 7 nitrogen and oxygen atoms in total. The van der Waals surface area contributed by atoms with Crippen LogP contribution in [0.5, 0.6) is 0 Å². The van der Waals surface area contributed by atoms with Gasteiger partial charge in [0.05, 0.1) is 0 Å². The highest BCUT2D eigenvalue weighted by atomic mass is 16.2. The van der Waals surface area contributed by atoms with Gasteiger partial charge in [-0.3, -0.25) is 19.7 Å². The lowest BCUT2D eigenvalue weighted by Crippen LogP contribution is -2.52. The second-order valence-electron chi connectivity index (χ2n) is 7.77. The number of nitrogens with one attached hydrogen (secondary N) is 3. The molecule has 4 unspecified atom stereocenters. The number of carbonyl (C=O) groups is 3. The molecule has 4 aliphatic heterocycles. The van der Waals surface area contributed by atoms with Gasteiger partial charge in [-0.15, -0.1) is 0 Å². The third-order valence-electron chi connectivity index (χ3n) is 6.31. The molecule has 0 aromatic heterocycles. The molecule has 7 heteroatoms. The molecule has 1 aliphatic carbocycles. The Balaban J connectivity index is 1.34. The van der Waals surface area contributed by atoms with Crippen molar-refractivity contribution in [2.24, 2.45) is 5.92 Å². The standard InChI is InChI=1S/C19H22N4O3/c24-15-5-4-14(18(25)22-15)23-9-11-3-1-2-10(16(11)19(23)26)7-21-17-12-6-13(17)20-8-12/h1-3,12-14,17,20-21H,4-9H2,(H,22,24,25). The Labute approximate surface area is 151 Å². The smallest absolute Gasteiger partial charge is 0.255 e. The van der Waals surface area contributed by atoms with E-state index in [2.05, 4.69) is 16.0 Å². The summed E-state index contributed by atoms with van der Waals surface area (Å²) in [6, 6.07) is 6.43. The largest absolute Gasteiger partial charge is 0.322 e. The van der Waals surface area contributed by atoms with Gasteiger partial charge in [0.2, 0.25) is 11.8 Å². The van der Waals surface area contributed by atoms with E-state index in [1.165, 1.54) is 6.42 Å². The zero-order chi connectivity index (χ0) is 17.8. The number of nitrogens with zero attached hydrogens (tertiary/aromatic N) is 1. The van der Waals surface area contributed by atoms with E-state index in [1.54, 1.807) is 4.90 Å². The SMILES string of the molecule is O=C1CCC(N2Cc3cccc(CNC4C5CNC4C5)c3C2=O)C(=O)N1.